The van der Waals surface area contributed by atoms with Crippen molar-refractivity contribution in [3.05, 3.63) is 252 Å². The van der Waals surface area contributed by atoms with Crippen LogP contribution in [0.25, 0.3) is 82.6 Å². The summed E-state index contributed by atoms with van der Waals surface area (Å²) in [4.78, 5) is 2.43. The van der Waals surface area contributed by atoms with E-state index < -0.39 is 0 Å². The van der Waals surface area contributed by atoms with Gasteiger partial charge in [0.15, 0.2) is 0 Å². The third-order valence-corrected chi connectivity index (χ3v) is 15.0. The molecule has 0 spiro atoms. The van der Waals surface area contributed by atoms with Crippen molar-refractivity contribution in [2.45, 2.75) is 25.2 Å². The standard InChI is InChI=1S/C64H44N2/c1-64(2)58-38-44(43-28-36-61-57(37-43)56-21-12-20-55-52-17-10-11-22-60(52)66(61)63(55)56)27-34-50(58)51-35-33-47(39-59(51)64)65(45-29-23-41(24-30-45)40-13-4-3-5-14-40)46-31-25-42(26-32-46)62-53-18-8-6-15-48(53)49-16-7-9-19-54(49)62/h3-39,62H,1-2H3. The van der Waals surface area contributed by atoms with Crippen LogP contribution in [0.2, 0.25) is 0 Å². The number of aromatic nitrogens is 1. The molecule has 2 aromatic heterocycles. The minimum Gasteiger partial charge on any atom is -0.310 e. The van der Waals surface area contributed by atoms with E-state index >= 15 is 0 Å². The van der Waals surface area contributed by atoms with Crippen LogP contribution in [0.4, 0.5) is 17.1 Å². The van der Waals surface area contributed by atoms with Crippen LogP contribution in [-0.2, 0) is 5.41 Å². The number of fused-ring (bicyclic) bond motifs is 12. The molecule has 2 nitrogen and oxygen atoms in total. The first kappa shape index (κ1) is 37.2. The van der Waals surface area contributed by atoms with Crippen molar-refractivity contribution < 1.29 is 0 Å². The Bertz CT molecular complexity index is 3850. The highest BCUT2D eigenvalue weighted by molar-refractivity contribution is 6.23. The second kappa shape index (κ2) is 13.9. The van der Waals surface area contributed by atoms with E-state index in [2.05, 4.69) is 248 Å². The predicted molar refractivity (Wildman–Crippen MR) is 277 cm³/mol. The molecule has 14 rings (SSSR count). The molecular weight excluding hydrogens is 797 g/mol. The molecule has 0 atom stereocenters. The van der Waals surface area contributed by atoms with Gasteiger partial charge in [-0.1, -0.05) is 178 Å². The Morgan fingerprint density at radius 3 is 1.62 bits per heavy atom. The van der Waals surface area contributed by atoms with E-state index in [1.807, 2.05) is 0 Å². The minimum absolute atomic E-state index is 0.202. The average Bonchev–Trinajstić information content (AvgIpc) is 4.07. The Morgan fingerprint density at radius 1 is 0.364 bits per heavy atom. The topological polar surface area (TPSA) is 7.65 Å². The summed E-state index contributed by atoms with van der Waals surface area (Å²) in [7, 11) is 0. The van der Waals surface area contributed by atoms with Crippen molar-refractivity contribution in [1.82, 2.24) is 4.40 Å². The zero-order valence-corrected chi connectivity index (χ0v) is 36.8. The molecule has 0 amide bonds. The Morgan fingerprint density at radius 2 is 0.879 bits per heavy atom. The lowest BCUT2D eigenvalue weighted by Crippen LogP contribution is -2.16. The summed E-state index contributed by atoms with van der Waals surface area (Å²) in [5.74, 6) is 0.202. The molecule has 66 heavy (non-hydrogen) atoms. The smallest absolute Gasteiger partial charge is 0.0620 e. The maximum Gasteiger partial charge on any atom is 0.0620 e. The molecule has 310 valence electrons. The summed E-state index contributed by atoms with van der Waals surface area (Å²) in [5.41, 5.74) is 24.0. The van der Waals surface area contributed by atoms with Crippen LogP contribution >= 0.6 is 0 Å². The Balaban J connectivity index is 0.853. The normalized spacial score (nSPS) is 13.7. The number of hydrogen-bond donors (Lipinski definition) is 0. The monoisotopic (exact) mass is 840 g/mol. The molecule has 2 aliphatic carbocycles. The molecule has 2 heteroatoms. The molecule has 2 aliphatic rings. The van der Waals surface area contributed by atoms with Gasteiger partial charge in [0.1, 0.15) is 0 Å². The van der Waals surface area contributed by atoms with Crippen molar-refractivity contribution >= 4 is 55.2 Å². The second-order valence-electron chi connectivity index (χ2n) is 18.8. The largest absolute Gasteiger partial charge is 0.310 e. The summed E-state index contributed by atoms with van der Waals surface area (Å²) in [6.07, 6.45) is 0. The number of benzene rings is 10. The van der Waals surface area contributed by atoms with Crippen molar-refractivity contribution in [3.8, 4) is 44.5 Å². The molecule has 0 saturated heterocycles. The number of hydrogen-bond acceptors (Lipinski definition) is 1. The van der Waals surface area contributed by atoms with E-state index in [0.717, 1.165) is 17.1 Å². The van der Waals surface area contributed by atoms with Gasteiger partial charge in [0.05, 0.1) is 16.6 Å². The maximum atomic E-state index is 2.46. The van der Waals surface area contributed by atoms with Gasteiger partial charge in [-0.25, -0.2) is 0 Å². The Kier molecular flexibility index (Phi) is 7.83. The molecule has 0 saturated carbocycles. The SMILES string of the molecule is CC1(C)c2cc(-c3ccc4c(c3)c3cccc5c6ccccc6n4c53)ccc2-c2ccc(N(c3ccc(-c4ccccc4)cc3)c3ccc(C4c5ccccc5-c5ccccc54)cc3)cc21. The first-order valence-electron chi connectivity index (χ1n) is 23.2. The maximum absolute atomic E-state index is 2.46. The molecule has 0 radical (unpaired) electrons. The number of nitrogens with zero attached hydrogens (tertiary/aromatic N) is 2. The third kappa shape index (κ3) is 5.30. The van der Waals surface area contributed by atoms with Crippen LogP contribution in [0.1, 0.15) is 47.6 Å². The lowest BCUT2D eigenvalue weighted by Gasteiger charge is -2.28. The van der Waals surface area contributed by atoms with Gasteiger partial charge < -0.3 is 9.30 Å². The molecule has 2 heterocycles. The van der Waals surface area contributed by atoms with Gasteiger partial charge in [-0.05, 0) is 133 Å². The minimum atomic E-state index is -0.216. The zero-order valence-electron chi connectivity index (χ0n) is 36.8. The van der Waals surface area contributed by atoms with Gasteiger partial charge in [-0.15, -0.1) is 0 Å². The van der Waals surface area contributed by atoms with Crippen LogP contribution in [0.5, 0.6) is 0 Å². The van der Waals surface area contributed by atoms with E-state index in [1.54, 1.807) is 0 Å². The quantitative estimate of drug-likeness (QED) is 0.162. The van der Waals surface area contributed by atoms with Crippen LogP contribution in [0.3, 0.4) is 0 Å². The van der Waals surface area contributed by atoms with E-state index in [0.29, 0.717) is 0 Å². The van der Waals surface area contributed by atoms with Crippen molar-refractivity contribution in [2.24, 2.45) is 0 Å². The van der Waals surface area contributed by atoms with Crippen molar-refractivity contribution in [1.29, 1.82) is 0 Å². The van der Waals surface area contributed by atoms with E-state index in [1.165, 1.54) is 110 Å². The summed E-state index contributed by atoms with van der Waals surface area (Å²) < 4.78 is 2.46. The second-order valence-corrected chi connectivity index (χ2v) is 18.8. The Labute approximate surface area is 384 Å². The first-order valence-corrected chi connectivity index (χ1v) is 23.2. The van der Waals surface area contributed by atoms with Crippen LogP contribution in [-0.4, -0.2) is 4.40 Å². The predicted octanol–water partition coefficient (Wildman–Crippen LogP) is 17.1. The van der Waals surface area contributed by atoms with Crippen LogP contribution < -0.4 is 4.90 Å². The molecule has 0 fully saturated rings. The molecule has 0 N–H and O–H groups in total. The third-order valence-electron chi connectivity index (χ3n) is 15.0. The molecule has 12 aromatic rings. The fraction of sp³-hybridized carbons (Fsp3) is 0.0625. The van der Waals surface area contributed by atoms with E-state index in [-0.39, 0.29) is 11.3 Å². The number of rotatable bonds is 6. The van der Waals surface area contributed by atoms with Gasteiger partial charge in [-0.3, -0.25) is 0 Å². The lowest BCUT2D eigenvalue weighted by atomic mass is 9.81. The fourth-order valence-corrected chi connectivity index (χ4v) is 11.9. The average molecular weight is 841 g/mol. The summed E-state index contributed by atoms with van der Waals surface area (Å²) in [5, 5.41) is 5.24. The Hall–Kier alpha value is -8.20. The fourth-order valence-electron chi connectivity index (χ4n) is 11.9. The summed E-state index contributed by atoms with van der Waals surface area (Å²) >= 11 is 0. The molecule has 0 unspecified atom stereocenters. The van der Waals surface area contributed by atoms with Gasteiger partial charge >= 0.3 is 0 Å². The lowest BCUT2D eigenvalue weighted by molar-refractivity contribution is 0.660. The van der Waals surface area contributed by atoms with Crippen LogP contribution in [0.15, 0.2) is 224 Å². The van der Waals surface area contributed by atoms with Crippen molar-refractivity contribution in [2.75, 3.05) is 4.90 Å². The highest BCUT2D eigenvalue weighted by Crippen LogP contribution is 2.53. The van der Waals surface area contributed by atoms with Gasteiger partial charge in [0.25, 0.3) is 0 Å². The van der Waals surface area contributed by atoms with Crippen molar-refractivity contribution in [3.63, 3.8) is 0 Å². The summed E-state index contributed by atoms with van der Waals surface area (Å²) in [6.45, 7) is 4.80. The number of para-hydroxylation sites is 2. The summed E-state index contributed by atoms with van der Waals surface area (Å²) in [6, 6.07) is 83.7. The van der Waals surface area contributed by atoms with E-state index in [4.69, 9.17) is 0 Å². The first-order chi connectivity index (χ1) is 32.5. The molecular formula is C64H44N2. The zero-order chi connectivity index (χ0) is 43.7. The molecule has 0 bridgehead atoms. The molecule has 0 aliphatic heterocycles. The van der Waals surface area contributed by atoms with Gasteiger partial charge in [0, 0.05) is 49.9 Å². The molecule has 10 aromatic carbocycles. The van der Waals surface area contributed by atoms with Gasteiger partial charge in [0.2, 0.25) is 0 Å². The van der Waals surface area contributed by atoms with E-state index in [9.17, 15) is 0 Å². The van der Waals surface area contributed by atoms with Gasteiger partial charge in [-0.2, -0.15) is 0 Å². The highest BCUT2D eigenvalue weighted by atomic mass is 15.1. The highest BCUT2D eigenvalue weighted by Gasteiger charge is 2.37. The number of anilines is 3. The van der Waals surface area contributed by atoms with Crippen LogP contribution in [0, 0.1) is 0 Å².